The van der Waals surface area contributed by atoms with Crippen molar-refractivity contribution in [2.24, 2.45) is 0 Å². The third-order valence-electron chi connectivity index (χ3n) is 4.69. The topological polar surface area (TPSA) is 49.4 Å². The summed E-state index contributed by atoms with van der Waals surface area (Å²) in [6.07, 6.45) is 1.25. The van der Waals surface area contributed by atoms with Crippen molar-refractivity contribution in [3.63, 3.8) is 0 Å². The van der Waals surface area contributed by atoms with Gasteiger partial charge in [0.25, 0.3) is 5.91 Å². The number of hydrogen-bond donors (Lipinski definition) is 1. The average molecular weight is 306 g/mol. The molecule has 2 aliphatic rings. The molecular formula is C19H18N2O2. The van der Waals surface area contributed by atoms with E-state index < -0.39 is 0 Å². The van der Waals surface area contributed by atoms with Crippen LogP contribution in [0.3, 0.4) is 0 Å². The molecule has 4 heteroatoms. The predicted molar refractivity (Wildman–Crippen MR) is 88.5 cm³/mol. The zero-order valence-corrected chi connectivity index (χ0v) is 13.0. The number of rotatable bonds is 3. The second-order valence-corrected chi connectivity index (χ2v) is 6.22. The van der Waals surface area contributed by atoms with Crippen LogP contribution in [0.1, 0.15) is 40.0 Å². The molecule has 1 N–H and O–H groups in total. The monoisotopic (exact) mass is 306 g/mol. The van der Waals surface area contributed by atoms with Crippen LogP contribution in [-0.4, -0.2) is 18.4 Å². The predicted octanol–water partition coefficient (Wildman–Crippen LogP) is 2.62. The fourth-order valence-electron chi connectivity index (χ4n) is 3.52. The summed E-state index contributed by atoms with van der Waals surface area (Å²) in [5, 5.41) is 3.04. The molecule has 2 amide bonds. The zero-order chi connectivity index (χ0) is 16.0. The maximum atomic E-state index is 12.6. The molecule has 2 aromatic rings. The number of amides is 2. The first-order valence-electron chi connectivity index (χ1n) is 7.95. The van der Waals surface area contributed by atoms with Gasteiger partial charge >= 0.3 is 0 Å². The molecule has 4 nitrogen and oxygen atoms in total. The number of nitrogens with one attached hydrogen (secondary N) is 1. The summed E-state index contributed by atoms with van der Waals surface area (Å²) in [5.41, 5.74) is 4.88. The summed E-state index contributed by atoms with van der Waals surface area (Å²) in [6.45, 7) is 2.72. The van der Waals surface area contributed by atoms with Gasteiger partial charge in [-0.05, 0) is 42.2 Å². The van der Waals surface area contributed by atoms with Gasteiger partial charge in [0.15, 0.2) is 0 Å². The van der Waals surface area contributed by atoms with Crippen LogP contribution < -0.4 is 10.2 Å². The smallest absolute Gasteiger partial charge is 0.251 e. The molecule has 23 heavy (non-hydrogen) atoms. The lowest BCUT2D eigenvalue weighted by Gasteiger charge is -2.15. The largest absolute Gasteiger partial charge is 0.346 e. The standard InChI is InChI=1S/C19H18N2O2/c1-12(13-5-3-2-4-6-13)20-19(23)16-9-14-7-8-21-17(22)11-15(10-16)18(14)21/h2-6,9-10,12H,7-8,11H2,1H3,(H,20,23). The van der Waals surface area contributed by atoms with Crippen LogP contribution >= 0.6 is 0 Å². The van der Waals surface area contributed by atoms with Crippen molar-refractivity contribution < 1.29 is 9.59 Å². The van der Waals surface area contributed by atoms with E-state index in [0.717, 1.165) is 35.3 Å². The maximum absolute atomic E-state index is 12.6. The van der Waals surface area contributed by atoms with Gasteiger partial charge in [0.2, 0.25) is 5.91 Å². The molecule has 0 saturated heterocycles. The minimum atomic E-state index is -0.0850. The Morgan fingerprint density at radius 3 is 2.70 bits per heavy atom. The summed E-state index contributed by atoms with van der Waals surface area (Å²) < 4.78 is 0. The van der Waals surface area contributed by atoms with E-state index in [9.17, 15) is 9.59 Å². The van der Waals surface area contributed by atoms with Gasteiger partial charge in [-0.15, -0.1) is 0 Å². The van der Waals surface area contributed by atoms with Crippen LogP contribution in [0.15, 0.2) is 42.5 Å². The Bertz CT molecular complexity index is 799. The zero-order valence-electron chi connectivity index (χ0n) is 13.0. The average Bonchev–Trinajstić information content (AvgIpc) is 3.13. The summed E-state index contributed by atoms with van der Waals surface area (Å²) in [5.74, 6) is 0.0622. The van der Waals surface area contributed by atoms with E-state index in [1.54, 1.807) is 0 Å². The summed E-state index contributed by atoms with van der Waals surface area (Å²) >= 11 is 0. The minimum Gasteiger partial charge on any atom is -0.346 e. The Morgan fingerprint density at radius 1 is 1.17 bits per heavy atom. The Morgan fingerprint density at radius 2 is 1.91 bits per heavy atom. The molecule has 1 unspecified atom stereocenters. The van der Waals surface area contributed by atoms with Crippen LogP contribution in [0.25, 0.3) is 0 Å². The van der Waals surface area contributed by atoms with Crippen LogP contribution in [0.2, 0.25) is 0 Å². The van der Waals surface area contributed by atoms with Crippen molar-refractivity contribution in [2.75, 3.05) is 11.4 Å². The van der Waals surface area contributed by atoms with E-state index in [4.69, 9.17) is 0 Å². The molecule has 2 aromatic carbocycles. The number of nitrogens with zero attached hydrogens (tertiary/aromatic N) is 1. The molecule has 2 aliphatic heterocycles. The molecule has 0 spiro atoms. The van der Waals surface area contributed by atoms with E-state index in [1.165, 1.54) is 0 Å². The van der Waals surface area contributed by atoms with Crippen molar-refractivity contribution in [3.05, 3.63) is 64.7 Å². The SMILES string of the molecule is CC(NC(=O)c1cc2c3c(c1)CC(=O)N3CC2)c1ccccc1. The Kier molecular flexibility index (Phi) is 3.18. The Balaban J connectivity index is 1.59. The molecule has 0 saturated carbocycles. The fourth-order valence-corrected chi connectivity index (χ4v) is 3.52. The molecule has 0 aromatic heterocycles. The number of benzene rings is 2. The maximum Gasteiger partial charge on any atom is 0.251 e. The molecule has 1 atom stereocenters. The number of anilines is 1. The lowest BCUT2D eigenvalue weighted by molar-refractivity contribution is -0.117. The lowest BCUT2D eigenvalue weighted by atomic mass is 10.0. The van der Waals surface area contributed by atoms with Gasteiger partial charge < -0.3 is 10.2 Å². The van der Waals surface area contributed by atoms with Gasteiger partial charge in [-0.2, -0.15) is 0 Å². The summed E-state index contributed by atoms with van der Waals surface area (Å²) in [6, 6.07) is 13.7. The lowest BCUT2D eigenvalue weighted by Crippen LogP contribution is -2.26. The third kappa shape index (κ3) is 2.31. The van der Waals surface area contributed by atoms with Gasteiger partial charge in [0, 0.05) is 12.1 Å². The van der Waals surface area contributed by atoms with Gasteiger partial charge in [-0.25, -0.2) is 0 Å². The molecule has 0 aliphatic carbocycles. The summed E-state index contributed by atoms with van der Waals surface area (Å²) in [4.78, 5) is 26.4. The highest BCUT2D eigenvalue weighted by Gasteiger charge is 2.34. The number of carbonyl (C=O) groups excluding carboxylic acids is 2. The van der Waals surface area contributed by atoms with Crippen molar-refractivity contribution in [3.8, 4) is 0 Å². The highest BCUT2D eigenvalue weighted by molar-refractivity contribution is 6.05. The molecule has 116 valence electrons. The van der Waals surface area contributed by atoms with Crippen LogP contribution in [0.4, 0.5) is 5.69 Å². The number of hydrogen-bond acceptors (Lipinski definition) is 2. The third-order valence-corrected chi connectivity index (χ3v) is 4.69. The summed E-state index contributed by atoms with van der Waals surface area (Å²) in [7, 11) is 0. The second kappa shape index (κ2) is 5.23. The van der Waals surface area contributed by atoms with Crippen molar-refractivity contribution in [1.29, 1.82) is 0 Å². The van der Waals surface area contributed by atoms with Gasteiger partial charge in [-0.3, -0.25) is 9.59 Å². The highest BCUT2D eigenvalue weighted by atomic mass is 16.2. The molecule has 0 fully saturated rings. The van der Waals surface area contributed by atoms with Gasteiger partial charge in [0.1, 0.15) is 0 Å². The van der Waals surface area contributed by atoms with Crippen LogP contribution in [-0.2, 0) is 17.6 Å². The van der Waals surface area contributed by atoms with Gasteiger partial charge in [-0.1, -0.05) is 30.3 Å². The van der Waals surface area contributed by atoms with E-state index in [-0.39, 0.29) is 17.9 Å². The first-order chi connectivity index (χ1) is 11.1. The van der Waals surface area contributed by atoms with E-state index in [1.807, 2.05) is 54.3 Å². The Labute approximate surface area is 135 Å². The normalized spacial score (nSPS) is 16.4. The molecule has 2 heterocycles. The molecule has 0 radical (unpaired) electrons. The van der Waals surface area contributed by atoms with Crippen LogP contribution in [0, 0.1) is 0 Å². The van der Waals surface area contributed by atoms with Crippen molar-refractivity contribution in [2.45, 2.75) is 25.8 Å². The quantitative estimate of drug-likeness (QED) is 0.947. The first kappa shape index (κ1) is 14.0. The first-order valence-corrected chi connectivity index (χ1v) is 7.95. The molecule has 4 rings (SSSR count). The van der Waals surface area contributed by atoms with Gasteiger partial charge in [0.05, 0.1) is 18.2 Å². The highest BCUT2D eigenvalue weighted by Crippen LogP contribution is 2.38. The van der Waals surface area contributed by atoms with E-state index >= 15 is 0 Å². The van der Waals surface area contributed by atoms with Crippen molar-refractivity contribution >= 4 is 17.5 Å². The minimum absolute atomic E-state index is 0.0522. The van der Waals surface area contributed by atoms with E-state index in [0.29, 0.717) is 12.0 Å². The Hall–Kier alpha value is -2.62. The molecular weight excluding hydrogens is 288 g/mol. The van der Waals surface area contributed by atoms with Crippen LogP contribution in [0.5, 0.6) is 0 Å². The number of carbonyl (C=O) groups is 2. The van der Waals surface area contributed by atoms with Crippen molar-refractivity contribution in [1.82, 2.24) is 5.32 Å². The molecule has 0 bridgehead atoms. The van der Waals surface area contributed by atoms with E-state index in [2.05, 4.69) is 5.32 Å². The second-order valence-electron chi connectivity index (χ2n) is 6.22. The fraction of sp³-hybridized carbons (Fsp3) is 0.263.